The van der Waals surface area contributed by atoms with Gasteiger partial charge in [-0.2, -0.15) is 0 Å². The van der Waals surface area contributed by atoms with E-state index in [1.807, 2.05) is 60.7 Å². The average molecular weight is 776 g/mol. The van der Waals surface area contributed by atoms with Crippen LogP contribution in [0.25, 0.3) is 22.6 Å². The number of aromatic hydroxyl groups is 1. The number of phenols is 1. The third kappa shape index (κ3) is 4.99. The minimum absolute atomic E-state index is 0.119. The maximum absolute atomic E-state index is 15.5. The van der Waals surface area contributed by atoms with E-state index in [1.165, 1.54) is 16.9 Å². The number of ether oxygens (including phenoxy) is 1. The highest BCUT2D eigenvalue weighted by Crippen LogP contribution is 2.65. The van der Waals surface area contributed by atoms with Crippen LogP contribution in [-0.2, 0) is 24.6 Å². The standard InChI is InChI=1S/C46H34ClN3O7/c1-56-37-16-8-13-32(40(37)51)39-30-21-22-31-38(44(54)49(42(31)52)28-19-17-25(18-20-28)41-48-35-14-5-6-15-36(35)57-41)33(30)24-34-43(53)50(29-12-7-11-27(47)23-29)45(55)46(34,39)26-9-3-2-4-10-26/h2-21,23,31,33-34,38-39,51H,22,24H2,1H3/t31-,33+,34-,38-,39+,46+/m0/s1. The number of nitrogens with zero attached hydrogens (tertiary/aromatic N) is 3. The molecule has 0 spiro atoms. The molecule has 0 radical (unpaired) electrons. The molecule has 0 bridgehead atoms. The van der Waals surface area contributed by atoms with Crippen molar-refractivity contribution in [3.8, 4) is 23.0 Å². The van der Waals surface area contributed by atoms with Gasteiger partial charge in [-0.15, -0.1) is 0 Å². The Kier molecular flexibility index (Phi) is 7.98. The van der Waals surface area contributed by atoms with Crippen LogP contribution in [0.4, 0.5) is 11.4 Å². The number of hydrogen-bond donors (Lipinski definition) is 1. The molecule has 5 aromatic carbocycles. The second kappa shape index (κ2) is 13.0. The van der Waals surface area contributed by atoms with Crippen molar-refractivity contribution in [2.45, 2.75) is 24.2 Å². The molecule has 1 N–H and O–H groups in total. The lowest BCUT2D eigenvalue weighted by Gasteiger charge is -2.50. The monoisotopic (exact) mass is 775 g/mol. The van der Waals surface area contributed by atoms with Gasteiger partial charge < -0.3 is 14.3 Å². The number of benzene rings is 5. The van der Waals surface area contributed by atoms with Gasteiger partial charge in [0, 0.05) is 22.1 Å². The van der Waals surface area contributed by atoms with E-state index in [2.05, 4.69) is 4.98 Å². The van der Waals surface area contributed by atoms with Gasteiger partial charge >= 0.3 is 0 Å². The third-order valence-corrected chi connectivity index (χ3v) is 12.6. The quantitative estimate of drug-likeness (QED) is 0.132. The van der Waals surface area contributed by atoms with E-state index in [1.54, 1.807) is 66.7 Å². The fraction of sp³-hybridized carbons (Fsp3) is 0.196. The Balaban J connectivity index is 1.10. The van der Waals surface area contributed by atoms with E-state index in [0.29, 0.717) is 44.6 Å². The van der Waals surface area contributed by atoms with Gasteiger partial charge in [0.2, 0.25) is 29.5 Å². The molecule has 2 saturated heterocycles. The number of phenolic OH excluding ortho intramolecular Hbond substituents is 1. The summed E-state index contributed by atoms with van der Waals surface area (Å²) in [5.74, 6) is -5.17. The molecule has 3 fully saturated rings. The highest BCUT2D eigenvalue weighted by Gasteiger charge is 2.70. The minimum atomic E-state index is -1.54. The Morgan fingerprint density at radius 2 is 1.54 bits per heavy atom. The van der Waals surface area contributed by atoms with Crippen molar-refractivity contribution in [2.75, 3.05) is 16.9 Å². The Labute approximate surface area is 331 Å². The smallest absolute Gasteiger partial charge is 0.246 e. The maximum atomic E-state index is 15.5. The molecule has 6 atom stereocenters. The molecule has 10 nitrogen and oxygen atoms in total. The number of halogens is 1. The molecule has 2 aliphatic heterocycles. The number of amides is 4. The van der Waals surface area contributed by atoms with E-state index >= 15 is 9.59 Å². The van der Waals surface area contributed by atoms with Crippen molar-refractivity contribution in [3.05, 3.63) is 149 Å². The molecular weight excluding hydrogens is 742 g/mol. The van der Waals surface area contributed by atoms with Crippen LogP contribution >= 0.6 is 11.6 Å². The lowest BCUT2D eigenvalue weighted by Crippen LogP contribution is -2.53. The molecule has 3 heterocycles. The van der Waals surface area contributed by atoms with Gasteiger partial charge in [-0.1, -0.05) is 83.9 Å². The van der Waals surface area contributed by atoms with E-state index in [0.717, 1.165) is 11.1 Å². The fourth-order valence-electron chi connectivity index (χ4n) is 10.0. The lowest BCUT2D eigenvalue weighted by atomic mass is 9.49. The van der Waals surface area contributed by atoms with Crippen LogP contribution in [0.5, 0.6) is 11.5 Å². The summed E-state index contributed by atoms with van der Waals surface area (Å²) < 4.78 is 11.5. The molecule has 57 heavy (non-hydrogen) atoms. The van der Waals surface area contributed by atoms with Crippen molar-refractivity contribution in [3.63, 3.8) is 0 Å². The number of rotatable bonds is 6. The summed E-state index contributed by atoms with van der Waals surface area (Å²) in [5, 5.41) is 12.2. The first-order valence-corrected chi connectivity index (χ1v) is 19.2. The second-order valence-corrected chi connectivity index (χ2v) is 15.5. The number of carbonyl (C=O) groups is 4. The Morgan fingerprint density at radius 3 is 2.30 bits per heavy atom. The molecule has 0 unspecified atom stereocenters. The number of allylic oxidation sites excluding steroid dienone is 2. The van der Waals surface area contributed by atoms with Crippen LogP contribution in [-0.4, -0.2) is 40.8 Å². The van der Waals surface area contributed by atoms with Crippen molar-refractivity contribution in [1.82, 2.24) is 4.98 Å². The lowest BCUT2D eigenvalue weighted by molar-refractivity contribution is -0.127. The summed E-state index contributed by atoms with van der Waals surface area (Å²) in [6.45, 7) is 0. The van der Waals surface area contributed by atoms with Crippen LogP contribution < -0.4 is 14.5 Å². The van der Waals surface area contributed by atoms with Gasteiger partial charge in [-0.05, 0) is 85.0 Å². The molecule has 6 aromatic rings. The molecule has 2 aliphatic carbocycles. The summed E-state index contributed by atoms with van der Waals surface area (Å²) in [6.07, 6.45) is 2.31. The Hall–Kier alpha value is -6.52. The van der Waals surface area contributed by atoms with Crippen molar-refractivity contribution >= 4 is 57.7 Å². The van der Waals surface area contributed by atoms with Crippen molar-refractivity contribution in [1.29, 1.82) is 0 Å². The number of aromatic nitrogens is 1. The predicted octanol–water partition coefficient (Wildman–Crippen LogP) is 8.23. The molecular formula is C46H34ClN3O7. The number of hydrogen-bond acceptors (Lipinski definition) is 8. The average Bonchev–Trinajstić information content (AvgIpc) is 3.85. The maximum Gasteiger partial charge on any atom is 0.246 e. The second-order valence-electron chi connectivity index (χ2n) is 15.0. The molecule has 4 amide bonds. The molecule has 4 aliphatic rings. The van der Waals surface area contributed by atoms with Gasteiger partial charge in [-0.3, -0.25) is 24.1 Å². The predicted molar refractivity (Wildman–Crippen MR) is 213 cm³/mol. The van der Waals surface area contributed by atoms with E-state index in [9.17, 15) is 14.7 Å². The first kappa shape index (κ1) is 34.9. The van der Waals surface area contributed by atoms with Crippen LogP contribution in [0.15, 0.2) is 137 Å². The van der Waals surface area contributed by atoms with Gasteiger partial charge in [-0.25, -0.2) is 9.88 Å². The van der Waals surface area contributed by atoms with Gasteiger partial charge in [0.1, 0.15) is 5.52 Å². The number of anilines is 2. The number of imide groups is 2. The molecule has 1 saturated carbocycles. The number of fused-ring (bicyclic) bond motifs is 5. The highest BCUT2D eigenvalue weighted by atomic mass is 35.5. The molecule has 282 valence electrons. The number of carbonyl (C=O) groups excluding carboxylic acids is 4. The zero-order chi connectivity index (χ0) is 39.2. The van der Waals surface area contributed by atoms with E-state index in [-0.39, 0.29) is 36.2 Å². The van der Waals surface area contributed by atoms with Gasteiger partial charge in [0.05, 0.1) is 41.7 Å². The molecule has 10 rings (SSSR count). The Morgan fingerprint density at radius 1 is 0.789 bits per heavy atom. The van der Waals surface area contributed by atoms with Gasteiger partial charge in [0.15, 0.2) is 17.1 Å². The summed E-state index contributed by atoms with van der Waals surface area (Å²) in [6, 6.07) is 35.3. The fourth-order valence-corrected chi connectivity index (χ4v) is 10.2. The largest absolute Gasteiger partial charge is 0.504 e. The van der Waals surface area contributed by atoms with Gasteiger partial charge in [0.25, 0.3) is 0 Å². The first-order chi connectivity index (χ1) is 27.7. The SMILES string of the molecule is COc1cccc([C@H]2C3=CC[C@@H]4C(=O)N(c5ccc(-c6nc7ccccc7o6)cc5)C(=O)[C@@H]4[C@@H]3C[C@H]3C(=O)N(c4cccc(Cl)c4)C(=O)[C@@]23c2ccccc2)c1O. The van der Waals surface area contributed by atoms with Crippen molar-refractivity contribution in [2.24, 2.45) is 23.7 Å². The topological polar surface area (TPSA) is 130 Å². The summed E-state index contributed by atoms with van der Waals surface area (Å²) in [7, 11) is 1.45. The first-order valence-electron chi connectivity index (χ1n) is 18.8. The third-order valence-electron chi connectivity index (χ3n) is 12.4. The summed E-state index contributed by atoms with van der Waals surface area (Å²) >= 11 is 6.43. The molecule has 11 heteroatoms. The van der Waals surface area contributed by atoms with E-state index in [4.69, 9.17) is 20.8 Å². The number of methoxy groups -OCH3 is 1. The van der Waals surface area contributed by atoms with E-state index < -0.39 is 46.8 Å². The van der Waals surface area contributed by atoms with Crippen LogP contribution in [0, 0.1) is 23.7 Å². The summed E-state index contributed by atoms with van der Waals surface area (Å²) in [5.41, 5.74) is 2.97. The normalized spacial score (nSPS) is 25.4. The van der Waals surface area contributed by atoms with Crippen LogP contribution in [0.2, 0.25) is 5.02 Å². The minimum Gasteiger partial charge on any atom is -0.504 e. The highest BCUT2D eigenvalue weighted by molar-refractivity contribution is 6.32. The zero-order valence-electron chi connectivity index (χ0n) is 30.5. The molecule has 1 aromatic heterocycles. The van der Waals surface area contributed by atoms with Crippen molar-refractivity contribution < 1.29 is 33.4 Å². The number of para-hydroxylation sites is 3. The van der Waals surface area contributed by atoms with Crippen LogP contribution in [0.3, 0.4) is 0 Å². The van der Waals surface area contributed by atoms with Crippen LogP contribution in [0.1, 0.15) is 29.9 Å². The number of oxazole rings is 1. The Bertz CT molecular complexity index is 2660. The zero-order valence-corrected chi connectivity index (χ0v) is 31.3. The summed E-state index contributed by atoms with van der Waals surface area (Å²) in [4.78, 5) is 66.6.